The first-order valence-corrected chi connectivity index (χ1v) is 5.64. The molecule has 0 spiro atoms. The number of piperazine rings is 1. The monoisotopic (exact) mass is 199 g/mol. The van der Waals surface area contributed by atoms with E-state index in [0.29, 0.717) is 0 Å². The molecule has 2 aliphatic heterocycles. The van der Waals surface area contributed by atoms with Gasteiger partial charge in [0.05, 0.1) is 7.11 Å². The molecule has 2 saturated heterocycles. The molecule has 0 atom stereocenters. The largest absolute Gasteiger partial charge is 0.317 e. The Morgan fingerprint density at radius 3 is 2.29 bits per heavy atom. The van der Waals surface area contributed by atoms with Crippen LogP contribution < -0.4 is 5.32 Å². The van der Waals surface area contributed by atoms with Crippen LogP contribution in [0.2, 0.25) is 0 Å². The van der Waals surface area contributed by atoms with E-state index in [1.165, 1.54) is 39.0 Å². The van der Waals surface area contributed by atoms with Crippen molar-refractivity contribution in [3.8, 4) is 0 Å². The minimum atomic E-state index is 0.815. The first-order chi connectivity index (χ1) is 6.90. The quantitative estimate of drug-likeness (QED) is 0.673. The van der Waals surface area contributed by atoms with Gasteiger partial charge in [0.15, 0.2) is 0 Å². The van der Waals surface area contributed by atoms with E-state index >= 15 is 0 Å². The van der Waals surface area contributed by atoms with Crippen LogP contribution in [-0.2, 0) is 4.84 Å². The summed E-state index contributed by atoms with van der Waals surface area (Å²) >= 11 is 0. The summed E-state index contributed by atoms with van der Waals surface area (Å²) in [6.07, 6.45) is 2.62. The SMILES string of the molecule is CON1CCN(C2CCNCC2)CC1. The van der Waals surface area contributed by atoms with Gasteiger partial charge in [0, 0.05) is 32.2 Å². The zero-order chi connectivity index (χ0) is 9.80. The average molecular weight is 199 g/mol. The number of hydrogen-bond donors (Lipinski definition) is 1. The van der Waals surface area contributed by atoms with Crippen molar-refractivity contribution < 1.29 is 4.84 Å². The molecule has 0 aromatic rings. The highest BCUT2D eigenvalue weighted by Crippen LogP contribution is 2.14. The second-order valence-electron chi connectivity index (χ2n) is 4.13. The summed E-state index contributed by atoms with van der Waals surface area (Å²) in [7, 11) is 1.76. The number of nitrogens with zero attached hydrogens (tertiary/aromatic N) is 2. The fourth-order valence-corrected chi connectivity index (χ4v) is 2.42. The first-order valence-electron chi connectivity index (χ1n) is 5.64. The highest BCUT2D eigenvalue weighted by atomic mass is 16.7. The molecule has 0 aliphatic carbocycles. The molecular formula is C10H21N3O. The second kappa shape index (κ2) is 5.07. The van der Waals surface area contributed by atoms with Gasteiger partial charge in [0.2, 0.25) is 0 Å². The number of piperidine rings is 1. The van der Waals surface area contributed by atoms with Crippen LogP contribution in [-0.4, -0.2) is 62.4 Å². The second-order valence-corrected chi connectivity index (χ2v) is 4.13. The molecule has 0 aromatic heterocycles. The molecule has 82 valence electrons. The van der Waals surface area contributed by atoms with Crippen molar-refractivity contribution in [1.82, 2.24) is 15.3 Å². The zero-order valence-corrected chi connectivity index (χ0v) is 9.04. The van der Waals surface area contributed by atoms with Crippen LogP contribution in [0.4, 0.5) is 0 Å². The third-order valence-electron chi connectivity index (χ3n) is 3.36. The number of hydroxylamine groups is 2. The molecule has 2 aliphatic rings. The molecule has 0 radical (unpaired) electrons. The van der Waals surface area contributed by atoms with Crippen LogP contribution in [0, 0.1) is 0 Å². The van der Waals surface area contributed by atoms with Crippen molar-refractivity contribution in [2.24, 2.45) is 0 Å². The van der Waals surface area contributed by atoms with E-state index in [1.807, 2.05) is 0 Å². The maximum absolute atomic E-state index is 5.22. The lowest BCUT2D eigenvalue weighted by Gasteiger charge is -2.39. The summed E-state index contributed by atoms with van der Waals surface area (Å²) in [4.78, 5) is 7.84. The van der Waals surface area contributed by atoms with E-state index in [4.69, 9.17) is 4.84 Å². The molecule has 14 heavy (non-hydrogen) atoms. The molecule has 0 aromatic carbocycles. The molecule has 2 heterocycles. The predicted molar refractivity (Wildman–Crippen MR) is 56.0 cm³/mol. The van der Waals surface area contributed by atoms with Crippen LogP contribution in [0.25, 0.3) is 0 Å². The Balaban J connectivity index is 1.76. The van der Waals surface area contributed by atoms with Gasteiger partial charge in [-0.25, -0.2) is 0 Å². The highest BCUT2D eigenvalue weighted by Gasteiger charge is 2.24. The third kappa shape index (κ3) is 2.45. The van der Waals surface area contributed by atoms with E-state index in [2.05, 4.69) is 15.3 Å². The molecule has 0 amide bonds. The lowest BCUT2D eigenvalue weighted by atomic mass is 10.0. The molecular weight excluding hydrogens is 178 g/mol. The molecule has 2 rings (SSSR count). The predicted octanol–water partition coefficient (Wildman–Crippen LogP) is -0.0826. The van der Waals surface area contributed by atoms with Gasteiger partial charge in [-0.3, -0.25) is 4.90 Å². The number of rotatable bonds is 2. The van der Waals surface area contributed by atoms with Crippen molar-refractivity contribution in [1.29, 1.82) is 0 Å². The molecule has 4 nitrogen and oxygen atoms in total. The molecule has 0 saturated carbocycles. The molecule has 4 heteroatoms. The van der Waals surface area contributed by atoms with Crippen LogP contribution in [0.1, 0.15) is 12.8 Å². The Labute approximate surface area is 86.1 Å². The van der Waals surface area contributed by atoms with Gasteiger partial charge < -0.3 is 10.2 Å². The highest BCUT2D eigenvalue weighted by molar-refractivity contribution is 4.80. The smallest absolute Gasteiger partial charge is 0.0575 e. The van der Waals surface area contributed by atoms with Gasteiger partial charge in [-0.1, -0.05) is 0 Å². The van der Waals surface area contributed by atoms with Crippen LogP contribution in [0.5, 0.6) is 0 Å². The minimum absolute atomic E-state index is 0.815. The Kier molecular flexibility index (Phi) is 3.75. The number of hydrogen-bond acceptors (Lipinski definition) is 4. The van der Waals surface area contributed by atoms with E-state index in [-0.39, 0.29) is 0 Å². The van der Waals surface area contributed by atoms with Crippen molar-refractivity contribution in [3.63, 3.8) is 0 Å². The lowest BCUT2D eigenvalue weighted by Crippen LogP contribution is -2.52. The van der Waals surface area contributed by atoms with Crippen LogP contribution in [0.3, 0.4) is 0 Å². The van der Waals surface area contributed by atoms with Crippen molar-refractivity contribution in [3.05, 3.63) is 0 Å². The molecule has 2 fully saturated rings. The maximum Gasteiger partial charge on any atom is 0.0575 e. The van der Waals surface area contributed by atoms with E-state index in [1.54, 1.807) is 7.11 Å². The zero-order valence-electron chi connectivity index (χ0n) is 9.04. The number of nitrogens with one attached hydrogen (secondary N) is 1. The third-order valence-corrected chi connectivity index (χ3v) is 3.36. The fraction of sp³-hybridized carbons (Fsp3) is 1.00. The van der Waals surface area contributed by atoms with Gasteiger partial charge in [-0.05, 0) is 25.9 Å². The van der Waals surface area contributed by atoms with E-state index in [9.17, 15) is 0 Å². The normalized spacial score (nSPS) is 28.1. The van der Waals surface area contributed by atoms with Gasteiger partial charge >= 0.3 is 0 Å². The summed E-state index contributed by atoms with van der Waals surface area (Å²) in [6, 6.07) is 0.815. The molecule has 0 bridgehead atoms. The Morgan fingerprint density at radius 2 is 1.71 bits per heavy atom. The topological polar surface area (TPSA) is 27.7 Å². The van der Waals surface area contributed by atoms with Gasteiger partial charge in [-0.2, -0.15) is 5.06 Å². The summed E-state index contributed by atoms with van der Waals surface area (Å²) in [5.74, 6) is 0. The standard InChI is InChI=1S/C10H21N3O/c1-14-13-8-6-12(7-9-13)10-2-4-11-5-3-10/h10-11H,2-9H2,1H3. The average Bonchev–Trinajstić information content (AvgIpc) is 2.30. The van der Waals surface area contributed by atoms with Crippen molar-refractivity contribution in [2.45, 2.75) is 18.9 Å². The summed E-state index contributed by atoms with van der Waals surface area (Å²) < 4.78 is 0. The fourth-order valence-electron chi connectivity index (χ4n) is 2.42. The van der Waals surface area contributed by atoms with E-state index < -0.39 is 0 Å². The Hall–Kier alpha value is -0.160. The summed E-state index contributed by atoms with van der Waals surface area (Å²) in [6.45, 7) is 6.82. The summed E-state index contributed by atoms with van der Waals surface area (Å²) in [5, 5.41) is 5.47. The van der Waals surface area contributed by atoms with Gasteiger partial charge in [0.25, 0.3) is 0 Å². The Bertz CT molecular complexity index is 163. The lowest BCUT2D eigenvalue weighted by molar-refractivity contribution is -0.155. The molecule has 1 N–H and O–H groups in total. The van der Waals surface area contributed by atoms with Gasteiger partial charge in [0.1, 0.15) is 0 Å². The Morgan fingerprint density at radius 1 is 1.07 bits per heavy atom. The summed E-state index contributed by atoms with van der Waals surface area (Å²) in [5.41, 5.74) is 0. The van der Waals surface area contributed by atoms with Crippen molar-refractivity contribution >= 4 is 0 Å². The van der Waals surface area contributed by atoms with Crippen LogP contribution in [0.15, 0.2) is 0 Å². The van der Waals surface area contributed by atoms with E-state index in [0.717, 1.165) is 19.1 Å². The van der Waals surface area contributed by atoms with Crippen molar-refractivity contribution in [2.75, 3.05) is 46.4 Å². The first kappa shape index (κ1) is 10.4. The van der Waals surface area contributed by atoms with Gasteiger partial charge in [-0.15, -0.1) is 0 Å². The van der Waals surface area contributed by atoms with Crippen LogP contribution >= 0.6 is 0 Å². The minimum Gasteiger partial charge on any atom is -0.317 e. The molecule has 0 unspecified atom stereocenters. The maximum atomic E-state index is 5.22.